The molecule has 0 spiro atoms. The fourth-order valence-electron chi connectivity index (χ4n) is 3.08. The van der Waals surface area contributed by atoms with Gasteiger partial charge in [-0.05, 0) is 25.7 Å². The van der Waals surface area contributed by atoms with Gasteiger partial charge in [0.15, 0.2) is 0 Å². The normalized spacial score (nSPS) is 22.5. The van der Waals surface area contributed by atoms with Crippen LogP contribution in [0.1, 0.15) is 32.1 Å². The van der Waals surface area contributed by atoms with Gasteiger partial charge in [-0.1, -0.05) is 0 Å². The van der Waals surface area contributed by atoms with E-state index in [2.05, 4.69) is 10.0 Å². The summed E-state index contributed by atoms with van der Waals surface area (Å²) < 4.78 is 25.1. The van der Waals surface area contributed by atoms with Crippen LogP contribution in [0.25, 0.3) is 0 Å². The molecule has 0 radical (unpaired) electrons. The van der Waals surface area contributed by atoms with Crippen molar-refractivity contribution in [1.29, 1.82) is 0 Å². The molecule has 8 nitrogen and oxygen atoms in total. The Morgan fingerprint density at radius 3 is 2.74 bits per heavy atom. The number of carbonyl (C=O) groups is 2. The molecule has 0 aromatic rings. The zero-order valence-corrected chi connectivity index (χ0v) is 14.4. The maximum absolute atomic E-state index is 12.1. The molecule has 0 aromatic heterocycles. The molecule has 132 valence electrons. The van der Waals surface area contributed by atoms with Crippen LogP contribution in [0.4, 0.5) is 4.79 Å². The number of nitrogens with zero attached hydrogens (tertiary/aromatic N) is 2. The summed E-state index contributed by atoms with van der Waals surface area (Å²) >= 11 is 0. The van der Waals surface area contributed by atoms with Crippen molar-refractivity contribution in [2.24, 2.45) is 0 Å². The first kappa shape index (κ1) is 18.0. The van der Waals surface area contributed by atoms with E-state index in [1.54, 1.807) is 4.90 Å². The molecule has 2 rings (SSSR count). The van der Waals surface area contributed by atoms with Crippen molar-refractivity contribution in [2.45, 2.75) is 38.1 Å². The molecule has 1 atom stereocenters. The first-order valence-electron chi connectivity index (χ1n) is 8.13. The Balaban J connectivity index is 1.67. The molecule has 2 heterocycles. The second kappa shape index (κ2) is 7.96. The molecule has 0 bridgehead atoms. The van der Waals surface area contributed by atoms with Crippen LogP contribution in [-0.2, 0) is 14.8 Å². The largest absolute Gasteiger partial charge is 0.343 e. The molecule has 0 aromatic carbocycles. The summed E-state index contributed by atoms with van der Waals surface area (Å²) in [7, 11) is -3.25. The second-order valence-corrected chi connectivity index (χ2v) is 8.03. The van der Waals surface area contributed by atoms with Gasteiger partial charge >= 0.3 is 6.03 Å². The Morgan fingerprint density at radius 1 is 1.30 bits per heavy atom. The Morgan fingerprint density at radius 2 is 2.09 bits per heavy atom. The molecular weight excluding hydrogens is 320 g/mol. The van der Waals surface area contributed by atoms with Gasteiger partial charge in [0.05, 0.1) is 6.26 Å². The van der Waals surface area contributed by atoms with Crippen LogP contribution in [-0.4, -0.2) is 75.2 Å². The highest BCUT2D eigenvalue weighted by atomic mass is 32.2. The minimum atomic E-state index is -3.25. The zero-order chi connectivity index (χ0) is 16.9. The summed E-state index contributed by atoms with van der Waals surface area (Å²) in [6, 6.07) is -0.385. The SMILES string of the molecule is CS(=O)(=O)NC1CCCN(C(=O)NCCCN2CCCC2=O)C1. The van der Waals surface area contributed by atoms with Gasteiger partial charge in [-0.3, -0.25) is 4.79 Å². The lowest BCUT2D eigenvalue weighted by Crippen LogP contribution is -2.52. The van der Waals surface area contributed by atoms with Crippen molar-refractivity contribution >= 4 is 22.0 Å². The van der Waals surface area contributed by atoms with Gasteiger partial charge < -0.3 is 15.1 Å². The van der Waals surface area contributed by atoms with Crippen molar-refractivity contribution in [1.82, 2.24) is 19.8 Å². The number of carbonyl (C=O) groups excluding carboxylic acids is 2. The molecule has 2 aliphatic rings. The Labute approximate surface area is 137 Å². The van der Waals surface area contributed by atoms with E-state index in [1.807, 2.05) is 4.90 Å². The van der Waals surface area contributed by atoms with Crippen LogP contribution >= 0.6 is 0 Å². The second-order valence-electron chi connectivity index (χ2n) is 6.25. The average Bonchev–Trinajstić information content (AvgIpc) is 2.87. The lowest BCUT2D eigenvalue weighted by molar-refractivity contribution is -0.127. The first-order valence-corrected chi connectivity index (χ1v) is 10.0. The third kappa shape index (κ3) is 5.98. The van der Waals surface area contributed by atoms with E-state index in [1.165, 1.54) is 0 Å². The predicted molar refractivity (Wildman–Crippen MR) is 86.4 cm³/mol. The molecule has 2 N–H and O–H groups in total. The molecule has 2 saturated heterocycles. The number of likely N-dealkylation sites (tertiary alicyclic amines) is 2. The monoisotopic (exact) mass is 346 g/mol. The number of urea groups is 1. The van der Waals surface area contributed by atoms with Gasteiger partial charge in [0.2, 0.25) is 15.9 Å². The standard InChI is InChI=1S/C14H26N4O4S/c1-23(21,22)16-12-5-2-9-18(11-12)14(20)15-7-4-10-17-8-3-6-13(17)19/h12,16H,2-11H2,1H3,(H,15,20). The molecule has 0 saturated carbocycles. The maximum Gasteiger partial charge on any atom is 0.317 e. The molecule has 9 heteroatoms. The molecule has 3 amide bonds. The average molecular weight is 346 g/mol. The highest BCUT2D eigenvalue weighted by Crippen LogP contribution is 2.11. The van der Waals surface area contributed by atoms with E-state index < -0.39 is 10.0 Å². The Hall–Kier alpha value is -1.35. The van der Waals surface area contributed by atoms with E-state index in [0.717, 1.165) is 38.5 Å². The summed E-state index contributed by atoms with van der Waals surface area (Å²) in [5, 5.41) is 2.85. The topological polar surface area (TPSA) is 98.8 Å². The van der Waals surface area contributed by atoms with E-state index in [-0.39, 0.29) is 18.0 Å². The molecule has 1 unspecified atom stereocenters. The minimum absolute atomic E-state index is 0.169. The van der Waals surface area contributed by atoms with Crippen LogP contribution < -0.4 is 10.0 Å². The van der Waals surface area contributed by atoms with Crippen LogP contribution in [0.15, 0.2) is 0 Å². The highest BCUT2D eigenvalue weighted by molar-refractivity contribution is 7.88. The smallest absolute Gasteiger partial charge is 0.317 e. The molecule has 2 aliphatic heterocycles. The number of nitrogens with one attached hydrogen (secondary N) is 2. The van der Waals surface area contributed by atoms with Crippen LogP contribution in [0.2, 0.25) is 0 Å². The van der Waals surface area contributed by atoms with E-state index in [0.29, 0.717) is 32.6 Å². The fraction of sp³-hybridized carbons (Fsp3) is 0.857. The van der Waals surface area contributed by atoms with Gasteiger partial charge in [0.25, 0.3) is 0 Å². The van der Waals surface area contributed by atoms with E-state index in [4.69, 9.17) is 0 Å². The third-order valence-corrected chi connectivity index (χ3v) is 4.90. The van der Waals surface area contributed by atoms with Gasteiger partial charge in [-0.25, -0.2) is 17.9 Å². The lowest BCUT2D eigenvalue weighted by atomic mass is 10.1. The highest BCUT2D eigenvalue weighted by Gasteiger charge is 2.25. The van der Waals surface area contributed by atoms with Crippen molar-refractivity contribution in [3.8, 4) is 0 Å². The van der Waals surface area contributed by atoms with Crippen molar-refractivity contribution in [3.05, 3.63) is 0 Å². The number of amides is 3. The summed E-state index contributed by atoms with van der Waals surface area (Å²) in [5.74, 6) is 0.196. The molecule has 0 aliphatic carbocycles. The lowest BCUT2D eigenvalue weighted by Gasteiger charge is -2.32. The van der Waals surface area contributed by atoms with Crippen molar-refractivity contribution < 1.29 is 18.0 Å². The van der Waals surface area contributed by atoms with Gasteiger partial charge in [0.1, 0.15) is 0 Å². The van der Waals surface area contributed by atoms with Gasteiger partial charge in [-0.2, -0.15) is 0 Å². The van der Waals surface area contributed by atoms with E-state index >= 15 is 0 Å². The minimum Gasteiger partial charge on any atom is -0.343 e. The third-order valence-electron chi connectivity index (χ3n) is 4.14. The summed E-state index contributed by atoms with van der Waals surface area (Å²) in [6.45, 7) is 3.04. The zero-order valence-electron chi connectivity index (χ0n) is 13.6. The van der Waals surface area contributed by atoms with Crippen molar-refractivity contribution in [3.63, 3.8) is 0 Å². The summed E-state index contributed by atoms with van der Waals surface area (Å²) in [4.78, 5) is 27.1. The maximum atomic E-state index is 12.1. The van der Waals surface area contributed by atoms with Gasteiger partial charge in [-0.15, -0.1) is 0 Å². The number of hydrogen-bond acceptors (Lipinski definition) is 4. The van der Waals surface area contributed by atoms with E-state index in [9.17, 15) is 18.0 Å². The molecular formula is C14H26N4O4S. The molecule has 23 heavy (non-hydrogen) atoms. The number of piperidine rings is 1. The predicted octanol–water partition coefficient (Wildman–Crippen LogP) is -0.278. The number of sulfonamides is 1. The Bertz CT molecular complexity index is 537. The summed E-state index contributed by atoms with van der Waals surface area (Å²) in [5.41, 5.74) is 0. The Kier molecular flexibility index (Phi) is 6.23. The fourth-order valence-corrected chi connectivity index (χ4v) is 3.88. The van der Waals surface area contributed by atoms with Gasteiger partial charge in [0, 0.05) is 45.2 Å². The van der Waals surface area contributed by atoms with Crippen molar-refractivity contribution in [2.75, 3.05) is 39.0 Å². The number of hydrogen-bond donors (Lipinski definition) is 2. The molecule has 2 fully saturated rings. The van der Waals surface area contributed by atoms with Crippen LogP contribution in [0, 0.1) is 0 Å². The first-order chi connectivity index (χ1) is 10.8. The van der Waals surface area contributed by atoms with Crippen LogP contribution in [0.5, 0.6) is 0 Å². The quantitative estimate of drug-likeness (QED) is 0.646. The summed E-state index contributed by atoms with van der Waals surface area (Å²) in [6.07, 6.45) is 4.95. The number of rotatable bonds is 6. The van der Waals surface area contributed by atoms with Crippen LogP contribution in [0.3, 0.4) is 0 Å².